The van der Waals surface area contributed by atoms with Crippen LogP contribution in [0.4, 0.5) is 5.69 Å². The molecule has 0 aromatic heterocycles. The minimum Gasteiger partial charge on any atom is -0.490 e. The zero-order valence-electron chi connectivity index (χ0n) is 16.1. The highest BCUT2D eigenvalue weighted by molar-refractivity contribution is 6.32. The summed E-state index contributed by atoms with van der Waals surface area (Å²) in [6, 6.07) is 16.8. The Labute approximate surface area is 185 Å². The summed E-state index contributed by atoms with van der Waals surface area (Å²) in [5, 5.41) is 1.81. The van der Waals surface area contributed by atoms with Crippen LogP contribution in [0, 0.1) is 6.92 Å². The van der Waals surface area contributed by atoms with Gasteiger partial charge in [0.2, 0.25) is 0 Å². The third-order valence-electron chi connectivity index (χ3n) is 4.15. The van der Waals surface area contributed by atoms with E-state index in [1.54, 1.807) is 12.3 Å². The second kappa shape index (κ2) is 10.0. The summed E-state index contributed by atoms with van der Waals surface area (Å²) in [4.78, 5) is 4.48. The molecule has 0 unspecified atom stereocenters. The second-order valence-corrected chi connectivity index (χ2v) is 7.62. The molecule has 0 spiro atoms. The third-order valence-corrected chi connectivity index (χ3v) is 5.09. The van der Waals surface area contributed by atoms with Crippen molar-refractivity contribution in [3.05, 3.63) is 86.4 Å². The molecule has 0 saturated heterocycles. The Balaban J connectivity index is 1.82. The van der Waals surface area contributed by atoms with Gasteiger partial charge in [-0.25, -0.2) is 0 Å². The van der Waals surface area contributed by atoms with Crippen LogP contribution in [0.5, 0.6) is 11.5 Å². The molecule has 6 heteroatoms. The molecule has 0 atom stereocenters. The second-order valence-electron chi connectivity index (χ2n) is 6.37. The largest absolute Gasteiger partial charge is 0.490 e. The zero-order valence-corrected chi connectivity index (χ0v) is 18.4. The summed E-state index contributed by atoms with van der Waals surface area (Å²) in [5.41, 5.74) is 3.55. The van der Waals surface area contributed by atoms with Gasteiger partial charge >= 0.3 is 0 Å². The molecule has 0 N–H and O–H groups in total. The standard InChI is InChI=1S/C23H20Cl3NO2/c1-3-28-22-11-17(13-27-19-9-4-15(2)20(25)12-19)10-21(26)23(22)29-14-16-5-7-18(24)8-6-16/h4-13H,3,14H2,1-2H3. The topological polar surface area (TPSA) is 30.8 Å². The highest BCUT2D eigenvalue weighted by atomic mass is 35.5. The normalized spacial score (nSPS) is 11.1. The minimum atomic E-state index is 0.353. The number of hydrogen-bond donors (Lipinski definition) is 0. The Morgan fingerprint density at radius 2 is 1.66 bits per heavy atom. The molecule has 29 heavy (non-hydrogen) atoms. The van der Waals surface area contributed by atoms with Crippen molar-refractivity contribution >= 4 is 46.7 Å². The summed E-state index contributed by atoms with van der Waals surface area (Å²) >= 11 is 18.6. The summed E-state index contributed by atoms with van der Waals surface area (Å²) < 4.78 is 11.7. The van der Waals surface area contributed by atoms with Crippen molar-refractivity contribution < 1.29 is 9.47 Å². The first kappa shape index (κ1) is 21.5. The van der Waals surface area contributed by atoms with Gasteiger partial charge in [-0.1, -0.05) is 53.0 Å². The Morgan fingerprint density at radius 1 is 0.897 bits per heavy atom. The maximum absolute atomic E-state index is 6.48. The summed E-state index contributed by atoms with van der Waals surface area (Å²) in [7, 11) is 0. The molecule has 0 radical (unpaired) electrons. The van der Waals surface area contributed by atoms with Gasteiger partial charge in [-0.3, -0.25) is 4.99 Å². The number of aryl methyl sites for hydroxylation is 1. The highest BCUT2D eigenvalue weighted by Gasteiger charge is 2.12. The highest BCUT2D eigenvalue weighted by Crippen LogP contribution is 2.37. The third kappa shape index (κ3) is 5.89. The number of benzene rings is 3. The van der Waals surface area contributed by atoms with Crippen molar-refractivity contribution in [1.29, 1.82) is 0 Å². The van der Waals surface area contributed by atoms with Crippen molar-refractivity contribution in [3.63, 3.8) is 0 Å². The summed E-state index contributed by atoms with van der Waals surface area (Å²) in [5.74, 6) is 1.07. The Kier molecular flexibility index (Phi) is 7.43. The molecule has 0 aliphatic rings. The van der Waals surface area contributed by atoms with Crippen molar-refractivity contribution in [1.82, 2.24) is 0 Å². The molecule has 0 saturated carbocycles. The number of rotatable bonds is 7. The Hall–Kier alpha value is -2.20. The average Bonchev–Trinajstić information content (AvgIpc) is 2.70. The van der Waals surface area contributed by atoms with Gasteiger partial charge in [0.15, 0.2) is 11.5 Å². The van der Waals surface area contributed by atoms with Gasteiger partial charge in [-0.05, 0) is 66.9 Å². The van der Waals surface area contributed by atoms with E-state index in [1.807, 2.05) is 62.4 Å². The van der Waals surface area contributed by atoms with E-state index in [0.717, 1.165) is 22.4 Å². The lowest BCUT2D eigenvalue weighted by Gasteiger charge is -2.14. The first-order valence-corrected chi connectivity index (χ1v) is 10.2. The van der Waals surface area contributed by atoms with Gasteiger partial charge in [0, 0.05) is 16.3 Å². The summed E-state index contributed by atoms with van der Waals surface area (Å²) in [6.45, 7) is 4.70. The number of aliphatic imine (C=N–C) groups is 1. The Bertz CT molecular complexity index is 1020. The van der Waals surface area contributed by atoms with Crippen LogP contribution in [0.25, 0.3) is 0 Å². The lowest BCUT2D eigenvalue weighted by molar-refractivity contribution is 0.269. The van der Waals surface area contributed by atoms with E-state index in [1.165, 1.54) is 0 Å². The van der Waals surface area contributed by atoms with Crippen LogP contribution in [0.2, 0.25) is 15.1 Å². The zero-order chi connectivity index (χ0) is 20.8. The lowest BCUT2D eigenvalue weighted by Crippen LogP contribution is -2.01. The average molecular weight is 449 g/mol. The van der Waals surface area contributed by atoms with Gasteiger partial charge in [0.05, 0.1) is 17.3 Å². The molecule has 3 rings (SSSR count). The van der Waals surface area contributed by atoms with Crippen LogP contribution in [-0.2, 0) is 6.61 Å². The van der Waals surface area contributed by atoms with Gasteiger partial charge in [0.25, 0.3) is 0 Å². The monoisotopic (exact) mass is 447 g/mol. The van der Waals surface area contributed by atoms with Gasteiger partial charge in [-0.2, -0.15) is 0 Å². The number of nitrogens with zero attached hydrogens (tertiary/aromatic N) is 1. The van der Waals surface area contributed by atoms with E-state index in [0.29, 0.717) is 39.8 Å². The predicted octanol–water partition coefficient (Wildman–Crippen LogP) is 7.68. The molecular formula is C23H20Cl3NO2. The first-order valence-electron chi connectivity index (χ1n) is 9.10. The van der Waals surface area contributed by atoms with Crippen molar-refractivity contribution in [2.45, 2.75) is 20.5 Å². The molecule has 0 heterocycles. The maximum Gasteiger partial charge on any atom is 0.180 e. The fraction of sp³-hybridized carbons (Fsp3) is 0.174. The number of halogens is 3. The van der Waals surface area contributed by atoms with Crippen molar-refractivity contribution in [2.24, 2.45) is 4.99 Å². The van der Waals surface area contributed by atoms with Gasteiger partial charge < -0.3 is 9.47 Å². The SMILES string of the molecule is CCOc1cc(C=Nc2ccc(C)c(Cl)c2)cc(Cl)c1OCc1ccc(Cl)cc1. The number of hydrogen-bond acceptors (Lipinski definition) is 3. The van der Waals surface area contributed by atoms with Crippen LogP contribution in [-0.4, -0.2) is 12.8 Å². The summed E-state index contributed by atoms with van der Waals surface area (Å²) in [6.07, 6.45) is 1.72. The van der Waals surface area contributed by atoms with E-state index in [2.05, 4.69) is 4.99 Å². The van der Waals surface area contributed by atoms with Crippen molar-refractivity contribution in [2.75, 3.05) is 6.61 Å². The molecule has 150 valence electrons. The molecule has 0 fully saturated rings. The van der Waals surface area contributed by atoms with Gasteiger partial charge in [0.1, 0.15) is 6.61 Å². The van der Waals surface area contributed by atoms with Crippen LogP contribution in [0.15, 0.2) is 59.6 Å². The fourth-order valence-electron chi connectivity index (χ4n) is 2.61. The molecule has 0 bridgehead atoms. The molecule has 3 nitrogen and oxygen atoms in total. The van der Waals surface area contributed by atoms with E-state index in [-0.39, 0.29) is 0 Å². The predicted molar refractivity (Wildman–Crippen MR) is 122 cm³/mol. The fourth-order valence-corrected chi connectivity index (χ4v) is 3.19. The molecule has 0 amide bonds. The molecule has 3 aromatic carbocycles. The quantitative estimate of drug-likeness (QED) is 0.347. The molecule has 3 aromatic rings. The smallest absolute Gasteiger partial charge is 0.180 e. The van der Waals surface area contributed by atoms with Gasteiger partial charge in [-0.15, -0.1) is 0 Å². The number of ether oxygens (including phenoxy) is 2. The van der Waals surface area contributed by atoms with Crippen LogP contribution >= 0.6 is 34.8 Å². The maximum atomic E-state index is 6.48. The lowest BCUT2D eigenvalue weighted by atomic mass is 10.2. The van der Waals surface area contributed by atoms with Crippen LogP contribution in [0.3, 0.4) is 0 Å². The van der Waals surface area contributed by atoms with E-state index in [9.17, 15) is 0 Å². The first-order chi connectivity index (χ1) is 14.0. The minimum absolute atomic E-state index is 0.353. The molecular weight excluding hydrogens is 429 g/mol. The van der Waals surface area contributed by atoms with Crippen LogP contribution in [0.1, 0.15) is 23.6 Å². The van der Waals surface area contributed by atoms with E-state index in [4.69, 9.17) is 44.3 Å². The van der Waals surface area contributed by atoms with Crippen LogP contribution < -0.4 is 9.47 Å². The Morgan fingerprint density at radius 3 is 2.34 bits per heavy atom. The molecule has 0 aliphatic carbocycles. The van der Waals surface area contributed by atoms with E-state index >= 15 is 0 Å². The van der Waals surface area contributed by atoms with Crippen molar-refractivity contribution in [3.8, 4) is 11.5 Å². The van der Waals surface area contributed by atoms with E-state index < -0.39 is 0 Å². The molecule has 0 aliphatic heterocycles.